The van der Waals surface area contributed by atoms with Crippen LogP contribution in [0.25, 0.3) is 0 Å². The first-order valence-electron chi connectivity index (χ1n) is 7.68. The first kappa shape index (κ1) is 14.6. The summed E-state index contributed by atoms with van der Waals surface area (Å²) in [6, 6.07) is 1.93. The van der Waals surface area contributed by atoms with Crippen LogP contribution in [-0.2, 0) is 31.4 Å². The highest BCUT2D eigenvalue weighted by Crippen LogP contribution is 2.35. The second kappa shape index (κ2) is 5.56. The van der Waals surface area contributed by atoms with Gasteiger partial charge >= 0.3 is 0 Å². The number of hydrogen-bond donors (Lipinski definition) is 1. The number of aromatic nitrogens is 3. The van der Waals surface area contributed by atoms with E-state index in [0.717, 1.165) is 59.1 Å². The van der Waals surface area contributed by atoms with Gasteiger partial charge in [0, 0.05) is 29.8 Å². The van der Waals surface area contributed by atoms with Crippen LogP contribution in [0.2, 0.25) is 0 Å². The first-order valence-corrected chi connectivity index (χ1v) is 8.83. The number of methoxy groups -OCH3 is 1. The molecule has 0 bridgehead atoms. The summed E-state index contributed by atoms with van der Waals surface area (Å²) in [5, 5.41) is 7.47. The van der Waals surface area contributed by atoms with Crippen molar-refractivity contribution < 1.29 is 9.53 Å². The Bertz CT molecular complexity index is 800. The maximum absolute atomic E-state index is 12.8. The van der Waals surface area contributed by atoms with Crippen molar-refractivity contribution in [3.63, 3.8) is 0 Å². The maximum Gasteiger partial charge on any atom is 0.262 e. The predicted molar refractivity (Wildman–Crippen MR) is 89.0 cm³/mol. The lowest BCUT2D eigenvalue weighted by Gasteiger charge is -2.12. The second-order valence-corrected chi connectivity index (χ2v) is 6.83. The Morgan fingerprint density at radius 2 is 2.22 bits per heavy atom. The predicted octanol–water partition coefficient (Wildman–Crippen LogP) is 2.31. The molecular weight excluding hydrogens is 312 g/mol. The topological polar surface area (TPSA) is 69.0 Å². The summed E-state index contributed by atoms with van der Waals surface area (Å²) in [6.07, 6.45) is 3.02. The molecule has 3 heterocycles. The number of ether oxygens (including phenoxy) is 1. The number of hydrogen-bond acceptors (Lipinski definition) is 5. The van der Waals surface area contributed by atoms with Gasteiger partial charge in [-0.1, -0.05) is 0 Å². The van der Waals surface area contributed by atoms with Gasteiger partial charge in [0.25, 0.3) is 5.91 Å². The van der Waals surface area contributed by atoms with E-state index in [9.17, 15) is 4.79 Å². The summed E-state index contributed by atoms with van der Waals surface area (Å²) in [7, 11) is 3.41. The van der Waals surface area contributed by atoms with Crippen molar-refractivity contribution >= 4 is 23.5 Å². The molecule has 2 aromatic rings. The third-order valence-electron chi connectivity index (χ3n) is 4.40. The number of nitrogens with zero attached hydrogens (tertiary/aromatic N) is 3. The van der Waals surface area contributed by atoms with Crippen LogP contribution in [0, 0.1) is 0 Å². The van der Waals surface area contributed by atoms with Gasteiger partial charge in [-0.05, 0) is 30.9 Å². The van der Waals surface area contributed by atoms with Crippen LogP contribution in [0.1, 0.15) is 39.3 Å². The van der Waals surface area contributed by atoms with Gasteiger partial charge in [0.05, 0.1) is 12.8 Å². The van der Waals surface area contributed by atoms with Crippen molar-refractivity contribution in [1.82, 2.24) is 14.8 Å². The zero-order chi connectivity index (χ0) is 16.0. The summed E-state index contributed by atoms with van der Waals surface area (Å²) in [6.45, 7) is 0. The van der Waals surface area contributed by atoms with Crippen LogP contribution >= 0.6 is 11.8 Å². The number of thioether (sulfide) groups is 1. The molecule has 0 saturated heterocycles. The highest BCUT2D eigenvalue weighted by molar-refractivity contribution is 7.98. The standard InChI is InChI=1S/C16H18N4O2S/c1-20-14(11-7-23-8-13(11)19-20)18-15(21)10-6-9-4-3-5-12(9)17-16(10)22-2/h6H,3-5,7-8H2,1-2H3,(H,18,21). The third kappa shape index (κ3) is 2.39. The van der Waals surface area contributed by atoms with Crippen molar-refractivity contribution in [3.8, 4) is 5.88 Å². The smallest absolute Gasteiger partial charge is 0.262 e. The lowest BCUT2D eigenvalue weighted by Crippen LogP contribution is -2.17. The Balaban J connectivity index is 1.68. The first-order chi connectivity index (χ1) is 11.2. The van der Waals surface area contributed by atoms with Gasteiger partial charge in [0.15, 0.2) is 0 Å². The Kier molecular flexibility index (Phi) is 3.52. The Morgan fingerprint density at radius 1 is 1.35 bits per heavy atom. The van der Waals surface area contributed by atoms with Crippen LogP contribution < -0.4 is 10.1 Å². The highest BCUT2D eigenvalue weighted by atomic mass is 32.2. The number of rotatable bonds is 3. The molecule has 4 rings (SSSR count). The summed E-state index contributed by atoms with van der Waals surface area (Å²) < 4.78 is 7.08. The van der Waals surface area contributed by atoms with Crippen molar-refractivity contribution in [2.45, 2.75) is 30.8 Å². The van der Waals surface area contributed by atoms with E-state index in [1.807, 2.05) is 24.9 Å². The molecule has 0 spiro atoms. The number of anilines is 1. The summed E-state index contributed by atoms with van der Waals surface area (Å²) in [4.78, 5) is 17.3. The minimum Gasteiger partial charge on any atom is -0.480 e. The van der Waals surface area contributed by atoms with Gasteiger partial charge in [-0.3, -0.25) is 9.48 Å². The fourth-order valence-electron chi connectivity index (χ4n) is 3.24. The van der Waals surface area contributed by atoms with Crippen LogP contribution in [0.15, 0.2) is 6.07 Å². The molecule has 0 saturated carbocycles. The van der Waals surface area contributed by atoms with Crippen molar-refractivity contribution in [1.29, 1.82) is 0 Å². The quantitative estimate of drug-likeness (QED) is 0.935. The molecule has 0 fully saturated rings. The van der Waals surface area contributed by atoms with Gasteiger partial charge < -0.3 is 10.1 Å². The molecule has 120 valence electrons. The average Bonchev–Trinajstić information content (AvgIpc) is 3.24. The van der Waals surface area contributed by atoms with Crippen molar-refractivity contribution in [3.05, 3.63) is 34.1 Å². The SMILES string of the molecule is COc1nc2c(cc1C(=O)Nc1c3c(nn1C)CSC3)CCC2. The van der Waals surface area contributed by atoms with E-state index in [0.29, 0.717) is 11.4 Å². The zero-order valence-corrected chi connectivity index (χ0v) is 14.0. The fraction of sp³-hybridized carbons (Fsp3) is 0.438. The van der Waals surface area contributed by atoms with E-state index in [2.05, 4.69) is 15.4 Å². The van der Waals surface area contributed by atoms with Crippen LogP contribution in [0.5, 0.6) is 5.88 Å². The second-order valence-electron chi connectivity index (χ2n) is 5.85. The fourth-order valence-corrected chi connectivity index (χ4v) is 4.28. The van der Waals surface area contributed by atoms with E-state index >= 15 is 0 Å². The van der Waals surface area contributed by atoms with E-state index < -0.39 is 0 Å². The largest absolute Gasteiger partial charge is 0.480 e. The molecule has 2 aromatic heterocycles. The number of aryl methyl sites for hydroxylation is 3. The molecule has 7 heteroatoms. The number of carbonyl (C=O) groups excluding carboxylic acids is 1. The summed E-state index contributed by atoms with van der Waals surface area (Å²) >= 11 is 1.82. The summed E-state index contributed by atoms with van der Waals surface area (Å²) in [5.74, 6) is 2.78. The van der Waals surface area contributed by atoms with Gasteiger partial charge in [-0.2, -0.15) is 16.9 Å². The van der Waals surface area contributed by atoms with Gasteiger partial charge in [-0.25, -0.2) is 4.98 Å². The molecule has 2 aliphatic rings. The molecule has 1 N–H and O–H groups in total. The molecule has 1 amide bonds. The van der Waals surface area contributed by atoms with E-state index in [4.69, 9.17) is 4.74 Å². The average molecular weight is 330 g/mol. The molecule has 23 heavy (non-hydrogen) atoms. The number of nitrogens with one attached hydrogen (secondary N) is 1. The minimum absolute atomic E-state index is 0.188. The Hall–Kier alpha value is -2.02. The van der Waals surface area contributed by atoms with Gasteiger partial charge in [-0.15, -0.1) is 0 Å². The number of carbonyl (C=O) groups is 1. The lowest BCUT2D eigenvalue weighted by molar-refractivity contribution is 0.102. The molecule has 0 radical (unpaired) electrons. The molecule has 0 aromatic carbocycles. The number of amides is 1. The van der Waals surface area contributed by atoms with Crippen molar-refractivity contribution in [2.75, 3.05) is 12.4 Å². The van der Waals surface area contributed by atoms with Gasteiger partial charge in [0.2, 0.25) is 5.88 Å². The maximum atomic E-state index is 12.8. The third-order valence-corrected chi connectivity index (χ3v) is 5.37. The molecular formula is C16H18N4O2S. The lowest BCUT2D eigenvalue weighted by atomic mass is 10.1. The van der Waals surface area contributed by atoms with Crippen molar-refractivity contribution in [2.24, 2.45) is 7.05 Å². The van der Waals surface area contributed by atoms with Crippen LogP contribution in [0.3, 0.4) is 0 Å². The number of pyridine rings is 1. The van der Waals surface area contributed by atoms with Crippen LogP contribution in [0.4, 0.5) is 5.82 Å². The number of fused-ring (bicyclic) bond motifs is 2. The Labute approximate surface area is 138 Å². The molecule has 0 unspecified atom stereocenters. The Morgan fingerprint density at radius 3 is 3.04 bits per heavy atom. The highest BCUT2D eigenvalue weighted by Gasteiger charge is 2.25. The minimum atomic E-state index is -0.188. The molecule has 1 aliphatic heterocycles. The van der Waals surface area contributed by atoms with Crippen LogP contribution in [-0.4, -0.2) is 27.8 Å². The van der Waals surface area contributed by atoms with E-state index in [1.165, 1.54) is 0 Å². The van der Waals surface area contributed by atoms with E-state index in [1.54, 1.807) is 11.8 Å². The molecule has 1 aliphatic carbocycles. The zero-order valence-electron chi connectivity index (χ0n) is 13.2. The monoisotopic (exact) mass is 330 g/mol. The molecule has 0 atom stereocenters. The summed E-state index contributed by atoms with van der Waals surface area (Å²) in [5.41, 5.74) is 4.89. The molecule has 6 nitrogen and oxygen atoms in total. The van der Waals surface area contributed by atoms with Gasteiger partial charge in [0.1, 0.15) is 11.4 Å². The van der Waals surface area contributed by atoms with E-state index in [-0.39, 0.29) is 5.91 Å². The normalized spacial score (nSPS) is 15.4.